The van der Waals surface area contributed by atoms with E-state index in [1.807, 2.05) is 36.1 Å². The zero-order valence-corrected chi connectivity index (χ0v) is 19.2. The van der Waals surface area contributed by atoms with E-state index in [0.29, 0.717) is 41.8 Å². The molecule has 0 saturated carbocycles. The Kier molecular flexibility index (Phi) is 6.44. The van der Waals surface area contributed by atoms with E-state index in [1.165, 1.54) is 0 Å². The normalized spacial score (nSPS) is 18.1. The van der Waals surface area contributed by atoms with E-state index in [2.05, 4.69) is 21.9 Å². The topological polar surface area (TPSA) is 103 Å². The number of hydrogen-bond donors (Lipinski definition) is 1. The SMILES string of the molecule is COc1ccc(C(=O)N2CCC[C@](C)(c3cc(N)nc(C)n3)C2)cc1OCc1ccccn1. The molecule has 1 atom stereocenters. The molecule has 4 rings (SSSR count). The van der Waals surface area contributed by atoms with Gasteiger partial charge in [-0.2, -0.15) is 0 Å². The molecule has 8 heteroatoms. The number of likely N-dealkylation sites (tertiary alicyclic amines) is 1. The number of hydrogen-bond acceptors (Lipinski definition) is 7. The molecule has 1 fully saturated rings. The summed E-state index contributed by atoms with van der Waals surface area (Å²) in [5.41, 5.74) is 7.89. The van der Waals surface area contributed by atoms with Gasteiger partial charge in [0, 0.05) is 36.3 Å². The number of methoxy groups -OCH3 is 1. The number of aryl methyl sites for hydroxylation is 1. The third-order valence-corrected chi connectivity index (χ3v) is 5.97. The van der Waals surface area contributed by atoms with E-state index < -0.39 is 0 Å². The molecule has 3 heterocycles. The first kappa shape index (κ1) is 22.5. The molecule has 172 valence electrons. The minimum Gasteiger partial charge on any atom is -0.493 e. The van der Waals surface area contributed by atoms with Crippen LogP contribution in [0, 0.1) is 6.92 Å². The molecule has 1 aliphatic rings. The van der Waals surface area contributed by atoms with E-state index in [4.69, 9.17) is 15.2 Å². The number of piperidine rings is 1. The van der Waals surface area contributed by atoms with Gasteiger partial charge in [0.1, 0.15) is 18.2 Å². The van der Waals surface area contributed by atoms with Gasteiger partial charge in [0.15, 0.2) is 11.5 Å². The summed E-state index contributed by atoms with van der Waals surface area (Å²) in [5.74, 6) is 2.11. The van der Waals surface area contributed by atoms with Crippen LogP contribution in [0.15, 0.2) is 48.7 Å². The Morgan fingerprint density at radius 1 is 1.18 bits per heavy atom. The number of amides is 1. The first-order valence-electron chi connectivity index (χ1n) is 11.0. The number of ether oxygens (including phenoxy) is 2. The number of carbonyl (C=O) groups is 1. The minimum atomic E-state index is -0.291. The fourth-order valence-corrected chi connectivity index (χ4v) is 4.26. The van der Waals surface area contributed by atoms with E-state index in [1.54, 1.807) is 31.5 Å². The summed E-state index contributed by atoms with van der Waals surface area (Å²) in [4.78, 5) is 28.4. The maximum Gasteiger partial charge on any atom is 0.254 e. The second-order valence-electron chi connectivity index (χ2n) is 8.59. The van der Waals surface area contributed by atoms with E-state index in [-0.39, 0.29) is 17.9 Å². The van der Waals surface area contributed by atoms with Crippen LogP contribution in [-0.2, 0) is 12.0 Å². The summed E-state index contributed by atoms with van der Waals surface area (Å²) < 4.78 is 11.4. The van der Waals surface area contributed by atoms with Crippen LogP contribution in [0.3, 0.4) is 0 Å². The van der Waals surface area contributed by atoms with Crippen molar-refractivity contribution in [2.75, 3.05) is 25.9 Å². The summed E-state index contributed by atoms with van der Waals surface area (Å²) in [6.45, 7) is 5.48. The Morgan fingerprint density at radius 2 is 2.03 bits per heavy atom. The van der Waals surface area contributed by atoms with Crippen LogP contribution < -0.4 is 15.2 Å². The third-order valence-electron chi connectivity index (χ3n) is 5.97. The molecule has 3 aromatic rings. The average molecular weight is 448 g/mol. The predicted molar refractivity (Wildman–Crippen MR) is 125 cm³/mol. The van der Waals surface area contributed by atoms with Crippen LogP contribution in [0.2, 0.25) is 0 Å². The summed E-state index contributed by atoms with van der Waals surface area (Å²) >= 11 is 0. The lowest BCUT2D eigenvalue weighted by Gasteiger charge is -2.40. The molecular formula is C25H29N5O3. The molecule has 8 nitrogen and oxygen atoms in total. The van der Waals surface area contributed by atoms with Crippen LogP contribution in [0.1, 0.15) is 47.3 Å². The van der Waals surface area contributed by atoms with E-state index >= 15 is 0 Å². The van der Waals surface area contributed by atoms with Crippen LogP contribution in [0.4, 0.5) is 5.82 Å². The first-order chi connectivity index (χ1) is 15.9. The van der Waals surface area contributed by atoms with Gasteiger partial charge in [-0.3, -0.25) is 9.78 Å². The van der Waals surface area contributed by atoms with E-state index in [0.717, 1.165) is 24.2 Å². The smallest absolute Gasteiger partial charge is 0.254 e. The van der Waals surface area contributed by atoms with Crippen molar-refractivity contribution in [1.82, 2.24) is 19.9 Å². The molecule has 0 unspecified atom stereocenters. The van der Waals surface area contributed by atoms with Gasteiger partial charge in [-0.05, 0) is 50.1 Å². The molecular weight excluding hydrogens is 418 g/mol. The van der Waals surface area contributed by atoms with Crippen LogP contribution in [0.5, 0.6) is 11.5 Å². The number of nitrogen functional groups attached to an aromatic ring is 1. The summed E-state index contributed by atoms with van der Waals surface area (Å²) in [6.07, 6.45) is 3.52. The number of pyridine rings is 1. The molecule has 1 aliphatic heterocycles. The second-order valence-corrected chi connectivity index (χ2v) is 8.59. The number of nitrogens with two attached hydrogens (primary N) is 1. The van der Waals surface area contributed by atoms with Crippen molar-refractivity contribution in [2.24, 2.45) is 0 Å². The Labute approximate surface area is 193 Å². The van der Waals surface area contributed by atoms with Crippen molar-refractivity contribution in [3.05, 3.63) is 71.4 Å². The van der Waals surface area contributed by atoms with Crippen molar-refractivity contribution in [3.8, 4) is 11.5 Å². The number of benzene rings is 1. The van der Waals surface area contributed by atoms with Gasteiger partial charge < -0.3 is 20.1 Å². The maximum atomic E-state index is 13.4. The van der Waals surface area contributed by atoms with Gasteiger partial charge in [-0.15, -0.1) is 0 Å². The molecule has 0 bridgehead atoms. The quantitative estimate of drug-likeness (QED) is 0.616. The lowest BCUT2D eigenvalue weighted by Crippen LogP contribution is -2.47. The molecule has 0 aliphatic carbocycles. The zero-order chi connectivity index (χ0) is 23.4. The van der Waals surface area contributed by atoms with Gasteiger partial charge in [0.25, 0.3) is 5.91 Å². The number of aromatic nitrogens is 3. The predicted octanol–water partition coefficient (Wildman–Crippen LogP) is 3.54. The fourth-order valence-electron chi connectivity index (χ4n) is 4.26. The monoisotopic (exact) mass is 447 g/mol. The van der Waals surface area contributed by atoms with Crippen LogP contribution in [-0.4, -0.2) is 46.0 Å². The van der Waals surface area contributed by atoms with Crippen molar-refractivity contribution in [2.45, 2.75) is 38.7 Å². The highest BCUT2D eigenvalue weighted by atomic mass is 16.5. The van der Waals surface area contributed by atoms with E-state index in [9.17, 15) is 4.79 Å². The Balaban J connectivity index is 1.54. The number of anilines is 1. The zero-order valence-electron chi connectivity index (χ0n) is 19.2. The fraction of sp³-hybridized carbons (Fsp3) is 0.360. The van der Waals surface area contributed by atoms with Crippen LogP contribution in [0.25, 0.3) is 0 Å². The summed E-state index contributed by atoms with van der Waals surface area (Å²) in [7, 11) is 1.58. The molecule has 2 N–H and O–H groups in total. The van der Waals surface area contributed by atoms with Crippen molar-refractivity contribution in [3.63, 3.8) is 0 Å². The second kappa shape index (κ2) is 9.44. The lowest BCUT2D eigenvalue weighted by molar-refractivity contribution is 0.0647. The molecule has 0 spiro atoms. The highest BCUT2D eigenvalue weighted by molar-refractivity contribution is 5.95. The summed E-state index contributed by atoms with van der Waals surface area (Å²) in [6, 6.07) is 12.7. The average Bonchev–Trinajstić information content (AvgIpc) is 2.82. The molecule has 1 amide bonds. The largest absolute Gasteiger partial charge is 0.493 e. The third kappa shape index (κ3) is 5.05. The van der Waals surface area contributed by atoms with Gasteiger partial charge in [0.05, 0.1) is 18.5 Å². The highest BCUT2D eigenvalue weighted by Crippen LogP contribution is 2.35. The number of nitrogens with zero attached hydrogens (tertiary/aromatic N) is 4. The molecule has 1 aromatic carbocycles. The van der Waals surface area contributed by atoms with Gasteiger partial charge in [-0.25, -0.2) is 9.97 Å². The first-order valence-corrected chi connectivity index (χ1v) is 11.0. The standard InChI is InChI=1S/C25H29N5O3/c1-17-28-22(14-23(26)29-17)25(2)10-6-12-30(16-25)24(31)18-8-9-20(32-3)21(13-18)33-15-19-7-4-5-11-27-19/h4-5,7-9,11,13-14H,6,10,12,15-16H2,1-3H3,(H2,26,28,29)/t25-/m0/s1. The van der Waals surface area contributed by atoms with Crippen molar-refractivity contribution < 1.29 is 14.3 Å². The van der Waals surface area contributed by atoms with Gasteiger partial charge in [0.2, 0.25) is 0 Å². The summed E-state index contributed by atoms with van der Waals surface area (Å²) in [5, 5.41) is 0. The van der Waals surface area contributed by atoms with Crippen molar-refractivity contribution in [1.29, 1.82) is 0 Å². The van der Waals surface area contributed by atoms with Crippen molar-refractivity contribution >= 4 is 11.7 Å². The number of rotatable bonds is 6. The Hall–Kier alpha value is -3.68. The highest BCUT2D eigenvalue weighted by Gasteiger charge is 2.36. The Bertz CT molecular complexity index is 1120. The lowest BCUT2D eigenvalue weighted by atomic mass is 9.78. The molecule has 2 aromatic heterocycles. The maximum absolute atomic E-state index is 13.4. The van der Waals surface area contributed by atoms with Crippen LogP contribution >= 0.6 is 0 Å². The minimum absolute atomic E-state index is 0.0509. The van der Waals surface area contributed by atoms with Gasteiger partial charge in [-0.1, -0.05) is 13.0 Å². The molecule has 33 heavy (non-hydrogen) atoms. The molecule has 1 saturated heterocycles. The van der Waals surface area contributed by atoms with Gasteiger partial charge >= 0.3 is 0 Å². The number of carbonyl (C=O) groups excluding carboxylic acids is 1. The Morgan fingerprint density at radius 3 is 2.76 bits per heavy atom. The molecule has 0 radical (unpaired) electrons.